The first kappa shape index (κ1) is 21.6. The monoisotopic (exact) mass is 487 g/mol. The largest absolute Gasteiger partial charge is 0.384 e. The molecule has 29 heavy (non-hydrogen) atoms. The normalized spacial score (nSPS) is 15.2. The Labute approximate surface area is 176 Å². The first-order valence-electron chi connectivity index (χ1n) is 8.83. The van der Waals surface area contributed by atoms with Crippen molar-refractivity contribution in [3.63, 3.8) is 0 Å². The topological polar surface area (TPSA) is 102 Å². The van der Waals surface area contributed by atoms with Gasteiger partial charge in [0.2, 0.25) is 10.0 Å². The molecule has 1 saturated heterocycles. The second-order valence-electron chi connectivity index (χ2n) is 6.38. The Morgan fingerprint density at radius 1 is 1.21 bits per heavy atom. The summed E-state index contributed by atoms with van der Waals surface area (Å²) in [4.78, 5) is 10.4. The molecule has 0 aromatic heterocycles. The summed E-state index contributed by atoms with van der Waals surface area (Å²) in [6.45, 7) is 1.29. The Morgan fingerprint density at radius 3 is 2.59 bits per heavy atom. The molecule has 0 bridgehead atoms. The van der Waals surface area contributed by atoms with E-state index in [1.165, 1.54) is 22.5 Å². The highest BCUT2D eigenvalue weighted by atomic mass is 79.9. The van der Waals surface area contributed by atoms with Crippen molar-refractivity contribution in [2.24, 2.45) is 0 Å². The molecule has 1 aliphatic rings. The lowest BCUT2D eigenvalue weighted by Crippen LogP contribution is -2.40. The molecular weight excluding hydrogens is 469 g/mol. The Hall–Kier alpha value is -2.08. The highest BCUT2D eigenvalue weighted by Crippen LogP contribution is 2.29. The van der Waals surface area contributed by atoms with Crippen LogP contribution in [0.2, 0.25) is 0 Å². The molecular formula is C18H19BrFN3O5S. The molecule has 156 valence electrons. The predicted octanol–water partition coefficient (Wildman–Crippen LogP) is 3.17. The van der Waals surface area contributed by atoms with E-state index in [0.29, 0.717) is 17.4 Å². The van der Waals surface area contributed by atoms with E-state index in [1.54, 1.807) is 12.1 Å². The number of nitrogens with zero attached hydrogens (tertiary/aromatic N) is 2. The van der Waals surface area contributed by atoms with Crippen LogP contribution in [0.15, 0.2) is 45.8 Å². The van der Waals surface area contributed by atoms with Crippen LogP contribution < -0.4 is 5.32 Å². The number of hydrogen-bond acceptors (Lipinski definition) is 6. The number of nitro benzene ring substituents is 1. The summed E-state index contributed by atoms with van der Waals surface area (Å²) in [5.41, 5.74) is 0.832. The average Bonchev–Trinajstić information content (AvgIpc) is 2.71. The number of nitrogens with one attached hydrogen (secondary N) is 1. The third kappa shape index (κ3) is 5.10. The van der Waals surface area contributed by atoms with Crippen molar-refractivity contribution in [1.29, 1.82) is 0 Å². The molecule has 0 unspecified atom stereocenters. The fourth-order valence-electron chi connectivity index (χ4n) is 2.95. The zero-order valence-electron chi connectivity index (χ0n) is 15.3. The summed E-state index contributed by atoms with van der Waals surface area (Å²) in [6, 6.07) is 8.36. The molecule has 0 amide bonds. The van der Waals surface area contributed by atoms with Crippen LogP contribution in [0.4, 0.5) is 15.8 Å². The summed E-state index contributed by atoms with van der Waals surface area (Å²) < 4.78 is 46.3. The summed E-state index contributed by atoms with van der Waals surface area (Å²) in [5.74, 6) is -0.365. The number of nitro groups is 1. The minimum atomic E-state index is -3.93. The number of morpholine rings is 1. The van der Waals surface area contributed by atoms with Crippen molar-refractivity contribution in [1.82, 2.24) is 4.31 Å². The van der Waals surface area contributed by atoms with Gasteiger partial charge in [0.15, 0.2) is 0 Å². The third-order valence-electron chi connectivity index (χ3n) is 4.48. The zero-order valence-corrected chi connectivity index (χ0v) is 17.7. The van der Waals surface area contributed by atoms with Crippen LogP contribution in [0.1, 0.15) is 5.56 Å². The molecule has 0 radical (unpaired) electrons. The third-order valence-corrected chi connectivity index (χ3v) is 7.02. The second kappa shape index (κ2) is 9.16. The van der Waals surface area contributed by atoms with Crippen LogP contribution >= 0.6 is 15.9 Å². The summed E-state index contributed by atoms with van der Waals surface area (Å²) in [5, 5.41) is 14.2. The first-order chi connectivity index (χ1) is 13.8. The van der Waals surface area contributed by atoms with E-state index in [4.69, 9.17) is 4.74 Å². The van der Waals surface area contributed by atoms with Crippen LogP contribution in [-0.2, 0) is 21.2 Å². The van der Waals surface area contributed by atoms with Crippen LogP contribution in [0, 0.1) is 15.9 Å². The van der Waals surface area contributed by atoms with Crippen molar-refractivity contribution >= 4 is 37.3 Å². The number of rotatable bonds is 7. The standard InChI is InChI=1S/C18H19BrFN3O5S/c19-15-11-13(1-3-16(15)20)5-6-21-17-4-2-14(23(24)25)12-18(17)29(26,27)22-7-9-28-10-8-22/h1-4,11-12,21H,5-10H2. The lowest BCUT2D eigenvalue weighted by atomic mass is 10.1. The Kier molecular flexibility index (Phi) is 6.83. The first-order valence-corrected chi connectivity index (χ1v) is 11.1. The molecule has 1 N–H and O–H groups in total. The molecule has 1 fully saturated rings. The quantitative estimate of drug-likeness (QED) is 0.475. The van der Waals surface area contributed by atoms with E-state index >= 15 is 0 Å². The molecule has 11 heteroatoms. The van der Waals surface area contributed by atoms with Gasteiger partial charge in [-0.1, -0.05) is 6.07 Å². The van der Waals surface area contributed by atoms with E-state index in [1.807, 2.05) is 0 Å². The van der Waals surface area contributed by atoms with Gasteiger partial charge >= 0.3 is 0 Å². The van der Waals surface area contributed by atoms with Gasteiger partial charge in [0, 0.05) is 31.8 Å². The minimum absolute atomic E-state index is 0.145. The van der Waals surface area contributed by atoms with Crippen molar-refractivity contribution in [3.05, 3.63) is 62.4 Å². The molecule has 1 heterocycles. The zero-order chi connectivity index (χ0) is 21.0. The van der Waals surface area contributed by atoms with Gasteiger partial charge < -0.3 is 10.1 Å². The molecule has 2 aromatic rings. The van der Waals surface area contributed by atoms with Crippen LogP contribution in [0.3, 0.4) is 0 Å². The van der Waals surface area contributed by atoms with Gasteiger partial charge in [-0.2, -0.15) is 4.31 Å². The fourth-order valence-corrected chi connectivity index (χ4v) is 4.97. The van der Waals surface area contributed by atoms with Gasteiger partial charge in [0.25, 0.3) is 5.69 Å². The average molecular weight is 488 g/mol. The van der Waals surface area contributed by atoms with Gasteiger partial charge in [-0.3, -0.25) is 10.1 Å². The number of ether oxygens (including phenoxy) is 1. The van der Waals surface area contributed by atoms with Gasteiger partial charge in [0.1, 0.15) is 10.7 Å². The van der Waals surface area contributed by atoms with Crippen LogP contribution in [0.5, 0.6) is 0 Å². The van der Waals surface area contributed by atoms with E-state index in [-0.39, 0.29) is 48.4 Å². The van der Waals surface area contributed by atoms with Gasteiger partial charge in [-0.25, -0.2) is 12.8 Å². The van der Waals surface area contributed by atoms with E-state index in [0.717, 1.165) is 11.6 Å². The smallest absolute Gasteiger partial charge is 0.270 e. The fraction of sp³-hybridized carbons (Fsp3) is 0.333. The lowest BCUT2D eigenvalue weighted by molar-refractivity contribution is -0.385. The van der Waals surface area contributed by atoms with Crippen molar-refractivity contribution in [3.8, 4) is 0 Å². The molecule has 2 aromatic carbocycles. The highest BCUT2D eigenvalue weighted by molar-refractivity contribution is 9.10. The molecule has 0 saturated carbocycles. The van der Waals surface area contributed by atoms with E-state index in [9.17, 15) is 22.9 Å². The van der Waals surface area contributed by atoms with Gasteiger partial charge in [-0.15, -0.1) is 0 Å². The Bertz CT molecular complexity index is 1010. The number of halogens is 2. The maximum Gasteiger partial charge on any atom is 0.270 e. The minimum Gasteiger partial charge on any atom is -0.384 e. The molecule has 3 rings (SSSR count). The summed E-state index contributed by atoms with van der Waals surface area (Å²) in [6.07, 6.45) is 0.507. The molecule has 0 spiro atoms. The second-order valence-corrected chi connectivity index (χ2v) is 9.14. The molecule has 1 aliphatic heterocycles. The number of benzene rings is 2. The lowest BCUT2D eigenvalue weighted by Gasteiger charge is -2.27. The predicted molar refractivity (Wildman–Crippen MR) is 109 cm³/mol. The highest BCUT2D eigenvalue weighted by Gasteiger charge is 2.30. The molecule has 0 atom stereocenters. The van der Waals surface area contributed by atoms with Gasteiger partial charge in [-0.05, 0) is 46.1 Å². The maximum absolute atomic E-state index is 13.4. The number of anilines is 1. The van der Waals surface area contributed by atoms with E-state index in [2.05, 4.69) is 21.2 Å². The number of hydrogen-bond donors (Lipinski definition) is 1. The molecule has 8 nitrogen and oxygen atoms in total. The van der Waals surface area contributed by atoms with Crippen molar-refractivity contribution in [2.45, 2.75) is 11.3 Å². The Morgan fingerprint density at radius 2 is 1.93 bits per heavy atom. The Balaban J connectivity index is 1.83. The van der Waals surface area contributed by atoms with Crippen molar-refractivity contribution < 1.29 is 22.5 Å². The maximum atomic E-state index is 13.4. The number of non-ortho nitro benzene ring substituents is 1. The SMILES string of the molecule is O=[N+]([O-])c1ccc(NCCc2ccc(F)c(Br)c2)c(S(=O)(=O)N2CCOCC2)c1. The summed E-state index contributed by atoms with van der Waals surface area (Å²) in [7, 11) is -3.93. The number of sulfonamides is 1. The van der Waals surface area contributed by atoms with Crippen LogP contribution in [-0.4, -0.2) is 50.5 Å². The van der Waals surface area contributed by atoms with E-state index < -0.39 is 14.9 Å². The summed E-state index contributed by atoms with van der Waals surface area (Å²) >= 11 is 3.13. The van der Waals surface area contributed by atoms with Crippen LogP contribution in [0.25, 0.3) is 0 Å². The van der Waals surface area contributed by atoms with Gasteiger partial charge in [0.05, 0.1) is 28.3 Å². The molecule has 0 aliphatic carbocycles. The van der Waals surface area contributed by atoms with Crippen molar-refractivity contribution in [2.75, 3.05) is 38.2 Å².